The first kappa shape index (κ1) is 17.4. The number of carbonyl (C=O) groups excluding carboxylic acids is 1. The second-order valence-corrected chi connectivity index (χ2v) is 6.10. The normalized spacial score (nSPS) is 11.8. The lowest BCUT2D eigenvalue weighted by Crippen LogP contribution is -2.35. The van der Waals surface area contributed by atoms with Crippen molar-refractivity contribution in [3.05, 3.63) is 58.2 Å². The van der Waals surface area contributed by atoms with Gasteiger partial charge in [0.1, 0.15) is 0 Å². The predicted molar refractivity (Wildman–Crippen MR) is 91.6 cm³/mol. The third-order valence-corrected chi connectivity index (χ3v) is 3.96. The first-order valence-electron chi connectivity index (χ1n) is 7.18. The van der Waals surface area contributed by atoms with Crippen molar-refractivity contribution in [3.63, 3.8) is 0 Å². The fourth-order valence-electron chi connectivity index (χ4n) is 2.26. The predicted octanol–water partition coefficient (Wildman–Crippen LogP) is 2.53. The largest absolute Gasteiger partial charge is 0.480 e. The Morgan fingerprint density at radius 1 is 1.39 bits per heavy atom. The summed E-state index contributed by atoms with van der Waals surface area (Å²) >= 11 is 3.31. The Balaban J connectivity index is 1.98. The maximum Gasteiger partial charge on any atom is 0.255 e. The fourth-order valence-corrected chi connectivity index (χ4v) is 2.77. The van der Waals surface area contributed by atoms with Crippen LogP contribution >= 0.6 is 15.9 Å². The molecule has 0 aliphatic rings. The molecule has 1 atom stereocenters. The molecule has 0 spiro atoms. The van der Waals surface area contributed by atoms with Crippen LogP contribution in [0.3, 0.4) is 0 Å². The Labute approximate surface area is 144 Å². The van der Waals surface area contributed by atoms with Gasteiger partial charge < -0.3 is 14.7 Å². The number of aliphatic hydroxyl groups is 1. The molecule has 23 heavy (non-hydrogen) atoms. The number of hydrogen-bond acceptors (Lipinski definition) is 4. The van der Waals surface area contributed by atoms with Gasteiger partial charge in [0.2, 0.25) is 5.88 Å². The smallest absolute Gasteiger partial charge is 0.255 e. The standard InChI is InChI=1S/C17H19BrN2O3/c1-20(11-14(21)8-12-6-4-3-5-7-12)17(22)13-9-15(18)16(23-2)19-10-13/h3-7,9-10,14,21H,8,11H2,1-2H3. The highest BCUT2D eigenvalue weighted by atomic mass is 79.9. The van der Waals surface area contributed by atoms with Crippen LogP contribution in [0, 0.1) is 0 Å². The van der Waals surface area contributed by atoms with Crippen molar-refractivity contribution in [1.29, 1.82) is 0 Å². The van der Waals surface area contributed by atoms with Crippen molar-refractivity contribution >= 4 is 21.8 Å². The van der Waals surface area contributed by atoms with E-state index in [4.69, 9.17) is 4.74 Å². The number of halogens is 1. The molecule has 0 bridgehead atoms. The van der Waals surface area contributed by atoms with Gasteiger partial charge >= 0.3 is 0 Å². The fraction of sp³-hybridized carbons (Fsp3) is 0.294. The van der Waals surface area contributed by atoms with E-state index in [9.17, 15) is 9.90 Å². The Bertz CT molecular complexity index is 664. The van der Waals surface area contributed by atoms with Crippen LogP contribution in [0.2, 0.25) is 0 Å². The molecule has 0 aliphatic heterocycles. The van der Waals surface area contributed by atoms with Gasteiger partial charge in [-0.25, -0.2) is 4.98 Å². The van der Waals surface area contributed by atoms with Crippen molar-refractivity contribution in [2.75, 3.05) is 20.7 Å². The molecule has 0 radical (unpaired) electrons. The van der Waals surface area contributed by atoms with Gasteiger partial charge in [-0.05, 0) is 27.6 Å². The van der Waals surface area contributed by atoms with E-state index < -0.39 is 6.10 Å². The molecule has 1 N–H and O–H groups in total. The van der Waals surface area contributed by atoms with Gasteiger partial charge in [-0.3, -0.25) is 4.79 Å². The number of pyridine rings is 1. The molecule has 1 amide bonds. The Morgan fingerprint density at radius 2 is 2.09 bits per heavy atom. The Hall–Kier alpha value is -1.92. The molecule has 0 fully saturated rings. The topological polar surface area (TPSA) is 62.7 Å². The highest BCUT2D eigenvalue weighted by molar-refractivity contribution is 9.10. The SMILES string of the molecule is COc1ncc(C(=O)N(C)CC(O)Cc2ccccc2)cc1Br. The molecular formula is C17H19BrN2O3. The van der Waals surface area contributed by atoms with E-state index in [0.717, 1.165) is 5.56 Å². The maximum absolute atomic E-state index is 12.4. The van der Waals surface area contributed by atoms with E-state index >= 15 is 0 Å². The van der Waals surface area contributed by atoms with Crippen LogP contribution in [0.5, 0.6) is 5.88 Å². The number of aromatic nitrogens is 1. The van der Waals surface area contributed by atoms with E-state index in [1.54, 1.807) is 13.1 Å². The van der Waals surface area contributed by atoms with Gasteiger partial charge in [0.25, 0.3) is 5.91 Å². The van der Waals surface area contributed by atoms with Crippen molar-refractivity contribution in [1.82, 2.24) is 9.88 Å². The van der Waals surface area contributed by atoms with E-state index in [-0.39, 0.29) is 12.5 Å². The second-order valence-electron chi connectivity index (χ2n) is 5.24. The van der Waals surface area contributed by atoms with Crippen LogP contribution in [0.4, 0.5) is 0 Å². The van der Waals surface area contributed by atoms with E-state index in [1.165, 1.54) is 18.2 Å². The third kappa shape index (κ3) is 4.77. The molecule has 1 aromatic heterocycles. The van der Waals surface area contributed by atoms with Crippen LogP contribution in [0.25, 0.3) is 0 Å². The molecule has 6 heteroatoms. The van der Waals surface area contributed by atoms with Crippen LogP contribution in [0.1, 0.15) is 15.9 Å². The van der Waals surface area contributed by atoms with Crippen molar-refractivity contribution < 1.29 is 14.6 Å². The monoisotopic (exact) mass is 378 g/mol. The molecule has 1 unspecified atom stereocenters. The highest BCUT2D eigenvalue weighted by Crippen LogP contribution is 2.23. The number of amides is 1. The molecule has 0 saturated heterocycles. The summed E-state index contributed by atoms with van der Waals surface area (Å²) in [6.45, 7) is 0.247. The number of carbonyl (C=O) groups is 1. The minimum Gasteiger partial charge on any atom is -0.480 e. The van der Waals surface area contributed by atoms with E-state index in [2.05, 4.69) is 20.9 Å². The average Bonchev–Trinajstić information content (AvgIpc) is 2.54. The zero-order valence-corrected chi connectivity index (χ0v) is 14.7. The quantitative estimate of drug-likeness (QED) is 0.838. The summed E-state index contributed by atoms with van der Waals surface area (Å²) < 4.78 is 5.66. The average molecular weight is 379 g/mol. The molecule has 0 aliphatic carbocycles. The van der Waals surface area contributed by atoms with Gasteiger partial charge in [0, 0.05) is 26.2 Å². The van der Waals surface area contributed by atoms with Gasteiger partial charge in [-0.2, -0.15) is 0 Å². The van der Waals surface area contributed by atoms with Crippen LogP contribution < -0.4 is 4.74 Å². The van der Waals surface area contributed by atoms with Crippen molar-refractivity contribution in [2.24, 2.45) is 0 Å². The molecule has 122 valence electrons. The number of likely N-dealkylation sites (N-methyl/N-ethyl adjacent to an activating group) is 1. The number of methoxy groups -OCH3 is 1. The zero-order chi connectivity index (χ0) is 16.8. The molecule has 1 aromatic carbocycles. The molecule has 5 nitrogen and oxygen atoms in total. The highest BCUT2D eigenvalue weighted by Gasteiger charge is 2.17. The third-order valence-electron chi connectivity index (χ3n) is 3.39. The Morgan fingerprint density at radius 3 is 2.70 bits per heavy atom. The van der Waals surface area contributed by atoms with Gasteiger partial charge in [-0.1, -0.05) is 30.3 Å². The lowest BCUT2D eigenvalue weighted by molar-refractivity contribution is 0.0681. The number of ether oxygens (including phenoxy) is 1. The molecule has 0 saturated carbocycles. The van der Waals surface area contributed by atoms with Gasteiger partial charge in [0.15, 0.2) is 0 Å². The number of rotatable bonds is 6. The number of benzene rings is 1. The van der Waals surface area contributed by atoms with Crippen LogP contribution in [0.15, 0.2) is 47.1 Å². The van der Waals surface area contributed by atoms with Crippen molar-refractivity contribution in [2.45, 2.75) is 12.5 Å². The summed E-state index contributed by atoms with van der Waals surface area (Å²) in [5.74, 6) is 0.223. The number of nitrogens with zero attached hydrogens (tertiary/aromatic N) is 2. The summed E-state index contributed by atoms with van der Waals surface area (Å²) in [4.78, 5) is 18.0. The summed E-state index contributed by atoms with van der Waals surface area (Å²) in [5, 5.41) is 10.2. The molecule has 2 aromatic rings. The first-order valence-corrected chi connectivity index (χ1v) is 7.97. The van der Waals surface area contributed by atoms with Gasteiger partial charge in [-0.15, -0.1) is 0 Å². The Kier molecular flexibility index (Phi) is 6.12. The maximum atomic E-state index is 12.4. The summed E-state index contributed by atoms with van der Waals surface area (Å²) in [6, 6.07) is 11.4. The summed E-state index contributed by atoms with van der Waals surface area (Å²) in [7, 11) is 3.18. The summed E-state index contributed by atoms with van der Waals surface area (Å²) in [5.41, 5.74) is 1.47. The first-order chi connectivity index (χ1) is 11.0. The van der Waals surface area contributed by atoms with E-state index in [1.807, 2.05) is 30.3 Å². The lowest BCUT2D eigenvalue weighted by Gasteiger charge is -2.21. The summed E-state index contributed by atoms with van der Waals surface area (Å²) in [6.07, 6.45) is 1.34. The van der Waals surface area contributed by atoms with E-state index in [0.29, 0.717) is 22.3 Å². The second kappa shape index (κ2) is 8.08. The zero-order valence-electron chi connectivity index (χ0n) is 13.1. The number of hydrogen-bond donors (Lipinski definition) is 1. The lowest BCUT2D eigenvalue weighted by atomic mass is 10.1. The van der Waals surface area contributed by atoms with Crippen LogP contribution in [-0.4, -0.2) is 47.7 Å². The molecule has 1 heterocycles. The minimum absolute atomic E-state index is 0.201. The van der Waals surface area contributed by atoms with Crippen molar-refractivity contribution in [3.8, 4) is 5.88 Å². The number of aliphatic hydroxyl groups excluding tert-OH is 1. The van der Waals surface area contributed by atoms with Crippen LogP contribution in [-0.2, 0) is 6.42 Å². The molecular weight excluding hydrogens is 360 g/mol. The minimum atomic E-state index is -0.624. The van der Waals surface area contributed by atoms with Gasteiger partial charge in [0.05, 0.1) is 23.2 Å². The molecule has 2 rings (SSSR count).